The van der Waals surface area contributed by atoms with Gasteiger partial charge >= 0.3 is 0 Å². The fraction of sp³-hybridized carbons (Fsp3) is 0.316. The number of nitrogens with two attached hydrogens (primary N) is 1. The molecule has 7 nitrogen and oxygen atoms in total. The normalized spacial score (nSPS) is 22.8. The minimum Gasteiger partial charge on any atom is -0.456 e. The van der Waals surface area contributed by atoms with Gasteiger partial charge in [-0.15, -0.1) is 0 Å². The summed E-state index contributed by atoms with van der Waals surface area (Å²) in [5.74, 6) is -1.53. The summed E-state index contributed by atoms with van der Waals surface area (Å²) >= 11 is 0. The Hall–Kier alpha value is -3.07. The Kier molecular flexibility index (Phi) is 4.26. The van der Waals surface area contributed by atoms with Crippen molar-refractivity contribution in [3.63, 3.8) is 0 Å². The largest absolute Gasteiger partial charge is 0.456 e. The lowest BCUT2D eigenvalue weighted by Crippen LogP contribution is -2.66. The highest BCUT2D eigenvalue weighted by molar-refractivity contribution is 6.02. The molecule has 1 amide bonds. The first kappa shape index (κ1) is 18.3. The van der Waals surface area contributed by atoms with E-state index < -0.39 is 28.7 Å². The average Bonchev–Trinajstić information content (AvgIpc) is 2.61. The molecular weight excluding hydrogens is 368 g/mol. The third-order valence-electron chi connectivity index (χ3n) is 5.00. The second-order valence-electron chi connectivity index (χ2n) is 7.30. The zero-order chi connectivity index (χ0) is 19.9. The van der Waals surface area contributed by atoms with Crippen LogP contribution >= 0.6 is 0 Å². The molecule has 9 heteroatoms. The van der Waals surface area contributed by atoms with Gasteiger partial charge in [0.25, 0.3) is 11.9 Å². The van der Waals surface area contributed by atoms with Gasteiger partial charge in [0.1, 0.15) is 22.9 Å². The number of nitrogens with zero attached hydrogens (tertiary/aromatic N) is 2. The number of ether oxygens (including phenoxy) is 1. The Morgan fingerprint density at radius 3 is 2.71 bits per heavy atom. The molecule has 1 aromatic heterocycles. The zero-order valence-electron chi connectivity index (χ0n) is 15.1. The number of nitrogens with one attached hydrogen (secondary N) is 2. The highest BCUT2D eigenvalue weighted by Gasteiger charge is 2.50. The molecule has 1 aromatic carbocycles. The minimum absolute atomic E-state index is 0.0135. The van der Waals surface area contributed by atoms with Gasteiger partial charge in [0.2, 0.25) is 0 Å². The summed E-state index contributed by atoms with van der Waals surface area (Å²) < 4.78 is 33.3. The molecule has 0 saturated carbocycles. The highest BCUT2D eigenvalue weighted by atomic mass is 19.1. The van der Waals surface area contributed by atoms with Gasteiger partial charge < -0.3 is 21.1 Å². The SMILES string of the molecule is CC1(c2cc(NC(=O)c3ccc(F)cn3)ccc2F)CC2(CNC2)OC(N)=N1. The predicted molar refractivity (Wildman–Crippen MR) is 98.8 cm³/mol. The Morgan fingerprint density at radius 1 is 1.29 bits per heavy atom. The van der Waals surface area contributed by atoms with Crippen LogP contribution < -0.4 is 16.4 Å². The topological polar surface area (TPSA) is 102 Å². The van der Waals surface area contributed by atoms with Crippen molar-refractivity contribution in [1.29, 1.82) is 0 Å². The van der Waals surface area contributed by atoms with Crippen molar-refractivity contribution in [3.8, 4) is 0 Å². The predicted octanol–water partition coefficient (Wildman–Crippen LogP) is 1.90. The zero-order valence-corrected chi connectivity index (χ0v) is 15.1. The molecule has 0 bridgehead atoms. The molecule has 0 radical (unpaired) electrons. The molecule has 4 N–H and O–H groups in total. The summed E-state index contributed by atoms with van der Waals surface area (Å²) in [4.78, 5) is 20.4. The molecule has 1 fully saturated rings. The standard InChI is InChI=1S/C19H19F2N5O2/c1-18(8-19(9-23-10-19)28-17(22)26-18)13-6-12(3-4-14(13)21)25-16(27)15-5-2-11(20)7-24-15/h2-7,23H,8-10H2,1H3,(H2,22,26)(H,25,27). The average molecular weight is 387 g/mol. The number of aliphatic imine (C=N–C) groups is 1. The molecule has 1 atom stereocenters. The first-order valence-electron chi connectivity index (χ1n) is 8.77. The lowest BCUT2D eigenvalue weighted by Gasteiger charge is -2.49. The van der Waals surface area contributed by atoms with Gasteiger partial charge in [-0.1, -0.05) is 0 Å². The fourth-order valence-electron chi connectivity index (χ4n) is 3.67. The maximum atomic E-state index is 14.7. The molecule has 2 aromatic rings. The lowest BCUT2D eigenvalue weighted by atomic mass is 9.77. The number of anilines is 1. The molecular formula is C19H19F2N5O2. The van der Waals surface area contributed by atoms with Crippen LogP contribution in [0.25, 0.3) is 0 Å². The Balaban J connectivity index is 1.63. The monoisotopic (exact) mass is 387 g/mol. The molecule has 1 spiro atoms. The molecule has 2 aliphatic rings. The number of pyridine rings is 1. The smallest absolute Gasteiger partial charge is 0.283 e. The van der Waals surface area contributed by atoms with E-state index >= 15 is 0 Å². The number of hydrogen-bond acceptors (Lipinski definition) is 6. The van der Waals surface area contributed by atoms with Gasteiger partial charge in [0, 0.05) is 30.8 Å². The van der Waals surface area contributed by atoms with Crippen LogP contribution in [0.1, 0.15) is 29.4 Å². The summed E-state index contributed by atoms with van der Waals surface area (Å²) in [7, 11) is 0. The van der Waals surface area contributed by atoms with Crippen molar-refractivity contribution >= 4 is 17.6 Å². The highest BCUT2D eigenvalue weighted by Crippen LogP contribution is 2.42. The molecule has 28 heavy (non-hydrogen) atoms. The van der Waals surface area contributed by atoms with Crippen LogP contribution in [0.2, 0.25) is 0 Å². The molecule has 1 saturated heterocycles. The summed E-state index contributed by atoms with van der Waals surface area (Å²) in [6, 6.07) is 6.66. The number of aromatic nitrogens is 1. The van der Waals surface area contributed by atoms with Gasteiger partial charge in [-0.25, -0.2) is 18.8 Å². The van der Waals surface area contributed by atoms with Crippen molar-refractivity contribution in [1.82, 2.24) is 10.3 Å². The van der Waals surface area contributed by atoms with Crippen LogP contribution in [0.15, 0.2) is 41.5 Å². The van der Waals surface area contributed by atoms with Crippen LogP contribution in [0.3, 0.4) is 0 Å². The Bertz CT molecular complexity index is 959. The van der Waals surface area contributed by atoms with Crippen LogP contribution in [0, 0.1) is 11.6 Å². The van der Waals surface area contributed by atoms with Crippen molar-refractivity contribution in [2.45, 2.75) is 24.5 Å². The maximum absolute atomic E-state index is 14.7. The van der Waals surface area contributed by atoms with E-state index in [1.54, 1.807) is 6.92 Å². The van der Waals surface area contributed by atoms with Crippen LogP contribution in [-0.4, -0.2) is 35.6 Å². The molecule has 3 heterocycles. The van der Waals surface area contributed by atoms with E-state index in [0.717, 1.165) is 12.3 Å². The maximum Gasteiger partial charge on any atom is 0.283 e. The number of amides is 1. The van der Waals surface area contributed by atoms with E-state index in [9.17, 15) is 13.6 Å². The number of halogens is 2. The molecule has 1 unspecified atom stereocenters. The van der Waals surface area contributed by atoms with Crippen LogP contribution in [-0.2, 0) is 10.3 Å². The molecule has 4 rings (SSSR count). The van der Waals surface area contributed by atoms with Crippen molar-refractivity contribution in [3.05, 3.63) is 59.4 Å². The van der Waals surface area contributed by atoms with Gasteiger partial charge in [-0.05, 0) is 37.3 Å². The van der Waals surface area contributed by atoms with Gasteiger partial charge in [0.15, 0.2) is 0 Å². The van der Waals surface area contributed by atoms with Crippen LogP contribution in [0.5, 0.6) is 0 Å². The quantitative estimate of drug-likeness (QED) is 0.747. The lowest BCUT2D eigenvalue weighted by molar-refractivity contribution is -0.0375. The number of carbonyl (C=O) groups excluding carboxylic acids is 1. The minimum atomic E-state index is -0.941. The first-order valence-corrected chi connectivity index (χ1v) is 8.77. The van der Waals surface area contributed by atoms with E-state index in [4.69, 9.17) is 10.5 Å². The summed E-state index contributed by atoms with van der Waals surface area (Å²) in [6.07, 6.45) is 1.40. The number of carbonyl (C=O) groups is 1. The third-order valence-corrected chi connectivity index (χ3v) is 5.00. The van der Waals surface area contributed by atoms with Crippen molar-refractivity contribution in [2.75, 3.05) is 18.4 Å². The Labute approximate surface area is 160 Å². The van der Waals surface area contributed by atoms with Gasteiger partial charge in [-0.3, -0.25) is 4.79 Å². The number of rotatable bonds is 3. The number of benzene rings is 1. The van der Waals surface area contributed by atoms with Gasteiger partial charge in [-0.2, -0.15) is 0 Å². The number of amidine groups is 1. The van der Waals surface area contributed by atoms with E-state index in [2.05, 4.69) is 20.6 Å². The molecule has 0 aliphatic carbocycles. The van der Waals surface area contributed by atoms with Crippen LogP contribution in [0.4, 0.5) is 14.5 Å². The van der Waals surface area contributed by atoms with E-state index in [-0.39, 0.29) is 11.7 Å². The van der Waals surface area contributed by atoms with Crippen molar-refractivity contribution < 1.29 is 18.3 Å². The first-order chi connectivity index (χ1) is 13.3. The second-order valence-corrected chi connectivity index (χ2v) is 7.30. The summed E-state index contributed by atoms with van der Waals surface area (Å²) in [5, 5.41) is 5.78. The molecule has 2 aliphatic heterocycles. The third kappa shape index (κ3) is 3.29. The number of hydrogen-bond donors (Lipinski definition) is 3. The van der Waals surface area contributed by atoms with E-state index in [1.807, 2.05) is 0 Å². The second kappa shape index (κ2) is 6.52. The fourth-order valence-corrected chi connectivity index (χ4v) is 3.67. The van der Waals surface area contributed by atoms with E-state index in [0.29, 0.717) is 30.8 Å². The summed E-state index contributed by atoms with van der Waals surface area (Å²) in [5.41, 5.74) is 5.13. The van der Waals surface area contributed by atoms with Gasteiger partial charge in [0.05, 0.1) is 11.7 Å². The van der Waals surface area contributed by atoms with E-state index in [1.165, 1.54) is 24.3 Å². The van der Waals surface area contributed by atoms with Crippen molar-refractivity contribution in [2.24, 2.45) is 10.7 Å². The Morgan fingerprint density at radius 2 is 2.07 bits per heavy atom. The summed E-state index contributed by atoms with van der Waals surface area (Å²) in [6.45, 7) is 2.99. The molecule has 146 valence electrons.